The topological polar surface area (TPSA) is 52.8 Å². The predicted molar refractivity (Wildman–Crippen MR) is 57.5 cm³/mol. The van der Waals surface area contributed by atoms with Crippen molar-refractivity contribution in [2.45, 2.75) is 13.3 Å². The molecule has 0 aromatic carbocycles. The molecule has 0 saturated carbocycles. The Morgan fingerprint density at radius 1 is 1.40 bits per heavy atom. The van der Waals surface area contributed by atoms with Crippen molar-refractivity contribution in [3.8, 4) is 6.07 Å². The maximum Gasteiger partial charge on any atom is 0.227 e. The lowest BCUT2D eigenvalue weighted by Crippen LogP contribution is -2.28. The number of aromatic nitrogens is 2. The molecule has 1 aliphatic rings. The molecule has 0 unspecified atom stereocenters. The van der Waals surface area contributed by atoms with Crippen LogP contribution in [0.5, 0.6) is 0 Å². The molecule has 0 bridgehead atoms. The molecule has 15 heavy (non-hydrogen) atoms. The summed E-state index contributed by atoms with van der Waals surface area (Å²) < 4.78 is 0. The molecule has 1 aromatic rings. The summed E-state index contributed by atoms with van der Waals surface area (Å²) in [5, 5.41) is 8.81. The highest BCUT2D eigenvalue weighted by Gasteiger charge is 2.11. The van der Waals surface area contributed by atoms with Crippen LogP contribution in [0.2, 0.25) is 0 Å². The second kappa shape index (κ2) is 4.09. The number of hydrogen-bond acceptors (Lipinski definition) is 4. The summed E-state index contributed by atoms with van der Waals surface area (Å²) in [6.45, 7) is 3.63. The fourth-order valence-corrected chi connectivity index (χ4v) is 1.57. The average molecular weight is 200 g/mol. The fraction of sp³-hybridized carbons (Fsp3) is 0.364. The van der Waals surface area contributed by atoms with E-state index in [9.17, 15) is 0 Å². The monoisotopic (exact) mass is 200 g/mol. The molecule has 2 rings (SSSR count). The predicted octanol–water partition coefficient (Wildman–Crippen LogP) is 1.42. The lowest BCUT2D eigenvalue weighted by molar-refractivity contribution is 0.781. The first-order valence-electron chi connectivity index (χ1n) is 4.95. The minimum atomic E-state index is 0.437. The van der Waals surface area contributed by atoms with E-state index in [0.29, 0.717) is 11.6 Å². The molecule has 1 aromatic heterocycles. The summed E-state index contributed by atoms with van der Waals surface area (Å²) in [5.41, 5.74) is 1.28. The maximum absolute atomic E-state index is 8.81. The second-order valence-corrected chi connectivity index (χ2v) is 3.51. The highest BCUT2D eigenvalue weighted by atomic mass is 15.2. The number of anilines is 1. The van der Waals surface area contributed by atoms with Crippen molar-refractivity contribution in [1.82, 2.24) is 9.97 Å². The smallest absolute Gasteiger partial charge is 0.227 e. The van der Waals surface area contributed by atoms with E-state index >= 15 is 0 Å². The first-order chi connectivity index (χ1) is 7.29. The minimum absolute atomic E-state index is 0.437. The van der Waals surface area contributed by atoms with Crippen molar-refractivity contribution in [3.63, 3.8) is 0 Å². The standard InChI is InChI=1S/C11H12N4/c1-9-7-10(8-12)14-11(13-9)15-5-3-2-4-6-15/h2-3,7H,4-6H2,1H3. The Balaban J connectivity index is 2.31. The summed E-state index contributed by atoms with van der Waals surface area (Å²) >= 11 is 0. The van der Waals surface area contributed by atoms with Crippen LogP contribution in [0.25, 0.3) is 0 Å². The van der Waals surface area contributed by atoms with Crippen molar-refractivity contribution in [1.29, 1.82) is 5.26 Å². The molecular formula is C11H12N4. The molecule has 0 aliphatic carbocycles. The average Bonchev–Trinajstić information content (AvgIpc) is 2.29. The van der Waals surface area contributed by atoms with E-state index in [1.54, 1.807) is 6.07 Å². The zero-order valence-corrected chi connectivity index (χ0v) is 8.64. The Bertz CT molecular complexity index is 431. The third-order valence-electron chi connectivity index (χ3n) is 2.30. The van der Waals surface area contributed by atoms with Gasteiger partial charge in [-0.05, 0) is 19.4 Å². The largest absolute Gasteiger partial charge is 0.337 e. The van der Waals surface area contributed by atoms with E-state index in [-0.39, 0.29) is 0 Å². The van der Waals surface area contributed by atoms with Gasteiger partial charge in [-0.1, -0.05) is 12.2 Å². The molecule has 0 atom stereocenters. The third kappa shape index (κ3) is 2.13. The summed E-state index contributed by atoms with van der Waals surface area (Å²) in [5.74, 6) is 0.663. The Kier molecular flexibility index (Phi) is 2.64. The van der Waals surface area contributed by atoms with Crippen LogP contribution in [0.15, 0.2) is 18.2 Å². The molecular weight excluding hydrogens is 188 g/mol. The number of nitrogens with zero attached hydrogens (tertiary/aromatic N) is 4. The van der Waals surface area contributed by atoms with Crippen LogP contribution in [0, 0.1) is 18.3 Å². The van der Waals surface area contributed by atoms with Gasteiger partial charge in [-0.3, -0.25) is 0 Å². The number of rotatable bonds is 1. The molecule has 76 valence electrons. The van der Waals surface area contributed by atoms with Crippen LogP contribution in [-0.4, -0.2) is 23.1 Å². The van der Waals surface area contributed by atoms with Gasteiger partial charge >= 0.3 is 0 Å². The highest BCUT2D eigenvalue weighted by Crippen LogP contribution is 2.12. The molecule has 2 heterocycles. The molecule has 0 amide bonds. The number of nitriles is 1. The van der Waals surface area contributed by atoms with E-state index in [1.165, 1.54) is 0 Å². The molecule has 4 heteroatoms. The molecule has 0 radical (unpaired) electrons. The zero-order chi connectivity index (χ0) is 10.7. The number of hydrogen-bond donors (Lipinski definition) is 0. The molecule has 0 fully saturated rings. The summed E-state index contributed by atoms with van der Waals surface area (Å²) in [7, 11) is 0. The van der Waals surface area contributed by atoms with Crippen molar-refractivity contribution in [2.24, 2.45) is 0 Å². The van der Waals surface area contributed by atoms with Gasteiger partial charge in [0.25, 0.3) is 0 Å². The molecule has 0 N–H and O–H groups in total. The molecule has 0 saturated heterocycles. The van der Waals surface area contributed by atoms with Crippen LogP contribution in [0.4, 0.5) is 5.95 Å². The van der Waals surface area contributed by atoms with Crippen LogP contribution in [-0.2, 0) is 0 Å². The van der Waals surface area contributed by atoms with Gasteiger partial charge in [0.15, 0.2) is 0 Å². The van der Waals surface area contributed by atoms with Crippen molar-refractivity contribution < 1.29 is 0 Å². The lowest BCUT2D eigenvalue weighted by Gasteiger charge is -2.23. The van der Waals surface area contributed by atoms with E-state index in [2.05, 4.69) is 33.1 Å². The van der Waals surface area contributed by atoms with E-state index in [1.807, 2.05) is 6.92 Å². The normalized spacial score (nSPS) is 15.1. The van der Waals surface area contributed by atoms with E-state index in [4.69, 9.17) is 5.26 Å². The minimum Gasteiger partial charge on any atom is -0.337 e. The van der Waals surface area contributed by atoms with Gasteiger partial charge in [0.1, 0.15) is 11.8 Å². The van der Waals surface area contributed by atoms with Crippen molar-refractivity contribution in [2.75, 3.05) is 18.0 Å². The van der Waals surface area contributed by atoms with E-state index < -0.39 is 0 Å². The van der Waals surface area contributed by atoms with Crippen LogP contribution in [0.3, 0.4) is 0 Å². The number of aryl methyl sites for hydroxylation is 1. The van der Waals surface area contributed by atoms with Gasteiger partial charge in [0.2, 0.25) is 5.95 Å². The van der Waals surface area contributed by atoms with Crippen LogP contribution in [0.1, 0.15) is 17.8 Å². The van der Waals surface area contributed by atoms with Gasteiger partial charge in [0.05, 0.1) is 0 Å². The Morgan fingerprint density at radius 3 is 2.93 bits per heavy atom. The van der Waals surface area contributed by atoms with Crippen molar-refractivity contribution in [3.05, 3.63) is 29.6 Å². The fourth-order valence-electron chi connectivity index (χ4n) is 1.57. The van der Waals surface area contributed by atoms with E-state index in [0.717, 1.165) is 25.2 Å². The molecule has 4 nitrogen and oxygen atoms in total. The van der Waals surface area contributed by atoms with Gasteiger partial charge in [0, 0.05) is 18.8 Å². The third-order valence-corrected chi connectivity index (χ3v) is 2.30. The molecule has 1 aliphatic heterocycles. The first-order valence-corrected chi connectivity index (χ1v) is 4.95. The lowest BCUT2D eigenvalue weighted by atomic mass is 10.2. The quantitative estimate of drug-likeness (QED) is 0.643. The Labute approximate surface area is 88.9 Å². The second-order valence-electron chi connectivity index (χ2n) is 3.51. The maximum atomic E-state index is 8.81. The first kappa shape index (κ1) is 9.66. The Morgan fingerprint density at radius 2 is 2.27 bits per heavy atom. The van der Waals surface area contributed by atoms with Crippen molar-refractivity contribution >= 4 is 5.95 Å². The van der Waals surface area contributed by atoms with Crippen LogP contribution >= 0.6 is 0 Å². The van der Waals surface area contributed by atoms with Crippen LogP contribution < -0.4 is 4.90 Å². The zero-order valence-electron chi connectivity index (χ0n) is 8.64. The van der Waals surface area contributed by atoms with Gasteiger partial charge < -0.3 is 4.90 Å². The Hall–Kier alpha value is -1.89. The highest BCUT2D eigenvalue weighted by molar-refractivity contribution is 5.37. The summed E-state index contributed by atoms with van der Waals surface area (Å²) in [6, 6.07) is 3.75. The summed E-state index contributed by atoms with van der Waals surface area (Å²) in [4.78, 5) is 10.6. The molecule has 0 spiro atoms. The summed E-state index contributed by atoms with van der Waals surface area (Å²) in [6.07, 6.45) is 5.26. The SMILES string of the molecule is Cc1cc(C#N)nc(N2CC=CCC2)n1. The van der Waals surface area contributed by atoms with Gasteiger partial charge in [-0.2, -0.15) is 5.26 Å². The van der Waals surface area contributed by atoms with Gasteiger partial charge in [-0.15, -0.1) is 0 Å². The van der Waals surface area contributed by atoms with Gasteiger partial charge in [-0.25, -0.2) is 9.97 Å².